The molecule has 0 aromatic heterocycles. The van der Waals surface area contributed by atoms with Crippen LogP contribution in [0.15, 0.2) is 24.3 Å². The van der Waals surface area contributed by atoms with Crippen molar-refractivity contribution in [1.29, 1.82) is 0 Å². The number of anilines is 2. The second kappa shape index (κ2) is 7.17. The van der Waals surface area contributed by atoms with Crippen molar-refractivity contribution in [2.24, 2.45) is 0 Å². The summed E-state index contributed by atoms with van der Waals surface area (Å²) >= 11 is 0. The molecular weight excluding hydrogens is 258 g/mol. The van der Waals surface area contributed by atoms with Gasteiger partial charge >= 0.3 is 0 Å². The summed E-state index contributed by atoms with van der Waals surface area (Å²) in [5, 5.41) is 3.64. The highest BCUT2D eigenvalue weighted by molar-refractivity contribution is 5.56. The Labute approximate surface area is 129 Å². The molecule has 3 nitrogen and oxygen atoms in total. The number of nitrogens with one attached hydrogen (secondary N) is 1. The van der Waals surface area contributed by atoms with Crippen LogP contribution in [0, 0.1) is 0 Å². The summed E-state index contributed by atoms with van der Waals surface area (Å²) in [6.45, 7) is 8.20. The van der Waals surface area contributed by atoms with Crippen molar-refractivity contribution in [3.63, 3.8) is 0 Å². The van der Waals surface area contributed by atoms with E-state index in [0.717, 1.165) is 13.1 Å². The molecule has 2 fully saturated rings. The van der Waals surface area contributed by atoms with Gasteiger partial charge in [-0.25, -0.2) is 0 Å². The van der Waals surface area contributed by atoms with Crippen LogP contribution in [-0.2, 0) is 0 Å². The van der Waals surface area contributed by atoms with E-state index in [9.17, 15) is 0 Å². The molecule has 1 atom stereocenters. The minimum Gasteiger partial charge on any atom is -0.372 e. The highest BCUT2D eigenvalue weighted by Gasteiger charge is 2.17. The fraction of sp³-hybridized carbons (Fsp3) is 0.667. The third-order valence-corrected chi connectivity index (χ3v) is 4.91. The molecule has 0 bridgehead atoms. The molecule has 3 rings (SSSR count). The number of benzene rings is 1. The number of nitrogens with zero attached hydrogens (tertiary/aromatic N) is 2. The number of rotatable bonds is 3. The monoisotopic (exact) mass is 287 g/mol. The van der Waals surface area contributed by atoms with Gasteiger partial charge in [0.15, 0.2) is 0 Å². The van der Waals surface area contributed by atoms with Crippen molar-refractivity contribution in [2.75, 3.05) is 42.5 Å². The van der Waals surface area contributed by atoms with Crippen LogP contribution in [0.5, 0.6) is 0 Å². The van der Waals surface area contributed by atoms with E-state index in [4.69, 9.17) is 0 Å². The van der Waals surface area contributed by atoms with E-state index < -0.39 is 0 Å². The third-order valence-electron chi connectivity index (χ3n) is 4.91. The Morgan fingerprint density at radius 3 is 2.19 bits per heavy atom. The lowest BCUT2D eigenvalue weighted by molar-refractivity contribution is 0.528. The van der Waals surface area contributed by atoms with Crippen molar-refractivity contribution in [2.45, 2.75) is 45.1 Å². The Hall–Kier alpha value is -1.22. The zero-order valence-corrected chi connectivity index (χ0v) is 13.4. The van der Waals surface area contributed by atoms with Gasteiger partial charge in [0.05, 0.1) is 0 Å². The predicted octanol–water partition coefficient (Wildman–Crippen LogP) is 3.26. The van der Waals surface area contributed by atoms with E-state index in [2.05, 4.69) is 46.3 Å². The maximum atomic E-state index is 3.64. The van der Waals surface area contributed by atoms with Crippen LogP contribution in [0.1, 0.15) is 39.0 Å². The average molecular weight is 287 g/mol. The third kappa shape index (κ3) is 3.70. The summed E-state index contributed by atoms with van der Waals surface area (Å²) in [7, 11) is 0. The Balaban J connectivity index is 1.67. The normalized spacial score (nSPS) is 24.0. The van der Waals surface area contributed by atoms with Gasteiger partial charge in [-0.05, 0) is 62.9 Å². The standard InChI is InChI=1S/C18H29N3/c1-2-16-15-21(14-6-11-19-16)18-9-7-17(8-10-18)20-12-4-3-5-13-20/h7-10,16,19H,2-6,11-15H2,1H3. The van der Waals surface area contributed by atoms with E-state index in [1.807, 2.05) is 0 Å². The predicted molar refractivity (Wildman–Crippen MR) is 91.4 cm³/mol. The molecule has 3 heteroatoms. The maximum absolute atomic E-state index is 3.64. The molecule has 2 aliphatic heterocycles. The van der Waals surface area contributed by atoms with Crippen LogP contribution in [0.3, 0.4) is 0 Å². The van der Waals surface area contributed by atoms with E-state index >= 15 is 0 Å². The topological polar surface area (TPSA) is 18.5 Å². The van der Waals surface area contributed by atoms with E-state index in [-0.39, 0.29) is 0 Å². The summed E-state index contributed by atoms with van der Waals surface area (Å²) in [6, 6.07) is 9.92. The molecule has 116 valence electrons. The fourth-order valence-electron chi connectivity index (χ4n) is 3.53. The quantitative estimate of drug-likeness (QED) is 0.920. The Bertz CT molecular complexity index is 423. The Morgan fingerprint density at radius 1 is 0.905 bits per heavy atom. The minimum absolute atomic E-state index is 0.634. The summed E-state index contributed by atoms with van der Waals surface area (Å²) in [5.41, 5.74) is 2.79. The molecule has 1 N–H and O–H groups in total. The SMILES string of the molecule is CCC1CN(c2ccc(N3CCCCC3)cc2)CCCN1. The molecule has 0 amide bonds. The second-order valence-electron chi connectivity index (χ2n) is 6.42. The molecule has 2 aliphatic rings. The lowest BCUT2D eigenvalue weighted by atomic mass is 10.1. The lowest BCUT2D eigenvalue weighted by Gasteiger charge is -2.30. The molecule has 1 unspecified atom stereocenters. The molecule has 0 saturated carbocycles. The summed E-state index contributed by atoms with van der Waals surface area (Å²) < 4.78 is 0. The Kier molecular flexibility index (Phi) is 5.02. The smallest absolute Gasteiger partial charge is 0.0368 e. The molecule has 2 saturated heterocycles. The number of piperidine rings is 1. The van der Waals surface area contributed by atoms with Crippen molar-refractivity contribution in [3.05, 3.63) is 24.3 Å². The van der Waals surface area contributed by atoms with Crippen molar-refractivity contribution in [1.82, 2.24) is 5.32 Å². The van der Waals surface area contributed by atoms with Crippen LogP contribution >= 0.6 is 0 Å². The van der Waals surface area contributed by atoms with Crippen LogP contribution in [0.4, 0.5) is 11.4 Å². The first-order chi connectivity index (χ1) is 10.4. The van der Waals surface area contributed by atoms with Gasteiger partial charge in [0, 0.05) is 43.6 Å². The second-order valence-corrected chi connectivity index (χ2v) is 6.42. The largest absolute Gasteiger partial charge is 0.372 e. The van der Waals surface area contributed by atoms with Gasteiger partial charge in [0.1, 0.15) is 0 Å². The van der Waals surface area contributed by atoms with Gasteiger partial charge in [0.25, 0.3) is 0 Å². The van der Waals surface area contributed by atoms with Crippen LogP contribution < -0.4 is 15.1 Å². The zero-order valence-electron chi connectivity index (χ0n) is 13.4. The first kappa shape index (κ1) is 14.7. The molecule has 0 spiro atoms. The van der Waals surface area contributed by atoms with Crippen molar-refractivity contribution in [3.8, 4) is 0 Å². The molecule has 2 heterocycles. The highest BCUT2D eigenvalue weighted by atomic mass is 15.2. The van der Waals surface area contributed by atoms with Crippen LogP contribution in [-0.4, -0.2) is 38.8 Å². The van der Waals surface area contributed by atoms with E-state index in [1.165, 1.54) is 63.1 Å². The van der Waals surface area contributed by atoms with Gasteiger partial charge in [-0.15, -0.1) is 0 Å². The van der Waals surface area contributed by atoms with Crippen molar-refractivity contribution < 1.29 is 0 Å². The molecule has 0 radical (unpaired) electrons. The Morgan fingerprint density at radius 2 is 1.52 bits per heavy atom. The number of hydrogen-bond donors (Lipinski definition) is 1. The molecule has 1 aromatic rings. The van der Waals surface area contributed by atoms with Crippen LogP contribution in [0.25, 0.3) is 0 Å². The molecule has 0 aliphatic carbocycles. The zero-order chi connectivity index (χ0) is 14.5. The number of hydrogen-bond acceptors (Lipinski definition) is 3. The molecular formula is C18H29N3. The fourth-order valence-corrected chi connectivity index (χ4v) is 3.53. The first-order valence-corrected chi connectivity index (χ1v) is 8.70. The van der Waals surface area contributed by atoms with Gasteiger partial charge in [0.2, 0.25) is 0 Å². The van der Waals surface area contributed by atoms with Crippen molar-refractivity contribution >= 4 is 11.4 Å². The highest BCUT2D eigenvalue weighted by Crippen LogP contribution is 2.24. The van der Waals surface area contributed by atoms with E-state index in [1.54, 1.807) is 0 Å². The van der Waals surface area contributed by atoms with Gasteiger partial charge in [-0.3, -0.25) is 0 Å². The minimum atomic E-state index is 0.634. The van der Waals surface area contributed by atoms with E-state index in [0.29, 0.717) is 6.04 Å². The first-order valence-electron chi connectivity index (χ1n) is 8.70. The average Bonchev–Trinajstić information content (AvgIpc) is 2.81. The molecule has 21 heavy (non-hydrogen) atoms. The molecule has 1 aromatic carbocycles. The summed E-state index contributed by atoms with van der Waals surface area (Å²) in [6.07, 6.45) is 6.54. The maximum Gasteiger partial charge on any atom is 0.0368 e. The summed E-state index contributed by atoms with van der Waals surface area (Å²) in [5.74, 6) is 0. The van der Waals surface area contributed by atoms with Crippen LogP contribution in [0.2, 0.25) is 0 Å². The summed E-state index contributed by atoms with van der Waals surface area (Å²) in [4.78, 5) is 5.08. The van der Waals surface area contributed by atoms with Gasteiger partial charge < -0.3 is 15.1 Å². The lowest BCUT2D eigenvalue weighted by Crippen LogP contribution is -2.37. The van der Waals surface area contributed by atoms with Gasteiger partial charge in [-0.1, -0.05) is 6.92 Å². The van der Waals surface area contributed by atoms with Gasteiger partial charge in [-0.2, -0.15) is 0 Å².